The molecule has 1 saturated heterocycles. The monoisotopic (exact) mass is 492 g/mol. The summed E-state index contributed by atoms with van der Waals surface area (Å²) < 4.78 is 68.6. The minimum atomic E-state index is -4.61. The van der Waals surface area contributed by atoms with E-state index < -0.39 is 41.1 Å². The summed E-state index contributed by atoms with van der Waals surface area (Å²) in [6, 6.07) is 9.11. The van der Waals surface area contributed by atoms with Gasteiger partial charge in [0.2, 0.25) is 5.91 Å². The summed E-state index contributed by atoms with van der Waals surface area (Å²) in [7, 11) is 0. The average Bonchev–Trinajstić information content (AvgIpc) is 3.18. The molecule has 0 spiro atoms. The van der Waals surface area contributed by atoms with Crippen LogP contribution in [-0.4, -0.2) is 39.6 Å². The van der Waals surface area contributed by atoms with Crippen LogP contribution in [0.3, 0.4) is 0 Å². The van der Waals surface area contributed by atoms with Crippen molar-refractivity contribution in [3.63, 3.8) is 0 Å². The molecule has 2 heterocycles. The minimum Gasteiger partial charge on any atom is -0.339 e. The lowest BCUT2D eigenvalue weighted by molar-refractivity contribution is -0.137. The standard InChI is InChI=1S/C24H21F5N4O2/c1-14-12-21(33(31-14)20-5-3-2-4-18(20)24(27,28)29)30-22(34)15-8-10-32(11-9-15)23(35)17-7-6-16(25)13-19(17)26/h2-7,12-13,15H,8-11H2,1H3,(H,30,34). The van der Waals surface area contributed by atoms with E-state index in [1.165, 1.54) is 29.2 Å². The number of hydrogen-bond donors (Lipinski definition) is 1. The van der Waals surface area contributed by atoms with Crippen molar-refractivity contribution in [3.05, 3.63) is 77.0 Å². The first-order valence-electron chi connectivity index (χ1n) is 10.8. The average molecular weight is 492 g/mol. The number of piperidine rings is 1. The van der Waals surface area contributed by atoms with Gasteiger partial charge in [-0.3, -0.25) is 9.59 Å². The summed E-state index contributed by atoms with van der Waals surface area (Å²) in [5.74, 6) is -3.19. The van der Waals surface area contributed by atoms with Crippen molar-refractivity contribution in [2.45, 2.75) is 25.9 Å². The highest BCUT2D eigenvalue weighted by atomic mass is 19.4. The first kappa shape index (κ1) is 24.4. The van der Waals surface area contributed by atoms with Crippen molar-refractivity contribution in [3.8, 4) is 5.69 Å². The third-order valence-electron chi connectivity index (χ3n) is 5.83. The molecule has 3 aromatic rings. The van der Waals surface area contributed by atoms with Gasteiger partial charge in [-0.15, -0.1) is 0 Å². The Hall–Kier alpha value is -3.76. The van der Waals surface area contributed by atoms with E-state index in [4.69, 9.17) is 0 Å². The number of rotatable bonds is 4. The van der Waals surface area contributed by atoms with Crippen LogP contribution in [0.2, 0.25) is 0 Å². The number of nitrogens with zero attached hydrogens (tertiary/aromatic N) is 3. The number of carbonyl (C=O) groups is 2. The summed E-state index contributed by atoms with van der Waals surface area (Å²) in [5.41, 5.74) is -0.945. The van der Waals surface area contributed by atoms with Crippen LogP contribution in [-0.2, 0) is 11.0 Å². The lowest BCUT2D eigenvalue weighted by Gasteiger charge is -2.31. The highest BCUT2D eigenvalue weighted by Gasteiger charge is 2.35. The second kappa shape index (κ2) is 9.47. The number of benzene rings is 2. The number of halogens is 5. The Labute approximate surface area is 197 Å². The molecule has 0 radical (unpaired) electrons. The molecular weight excluding hydrogens is 471 g/mol. The van der Waals surface area contributed by atoms with E-state index in [9.17, 15) is 31.5 Å². The number of carbonyl (C=O) groups excluding carboxylic acids is 2. The molecule has 1 aliphatic heterocycles. The molecule has 0 unspecified atom stereocenters. The first-order valence-corrected chi connectivity index (χ1v) is 10.8. The third-order valence-corrected chi connectivity index (χ3v) is 5.83. The zero-order valence-corrected chi connectivity index (χ0v) is 18.6. The van der Waals surface area contributed by atoms with Crippen molar-refractivity contribution >= 4 is 17.6 Å². The lowest BCUT2D eigenvalue weighted by atomic mass is 9.95. The Kier molecular flexibility index (Phi) is 6.60. The maximum absolute atomic E-state index is 14.0. The Morgan fingerprint density at radius 2 is 1.71 bits per heavy atom. The Morgan fingerprint density at radius 1 is 1.03 bits per heavy atom. The molecule has 11 heteroatoms. The van der Waals surface area contributed by atoms with Gasteiger partial charge in [-0.05, 0) is 44.0 Å². The fraction of sp³-hybridized carbons (Fsp3) is 0.292. The number of hydrogen-bond acceptors (Lipinski definition) is 3. The van der Waals surface area contributed by atoms with Crippen molar-refractivity contribution in [2.75, 3.05) is 18.4 Å². The van der Waals surface area contributed by atoms with Gasteiger partial charge in [-0.25, -0.2) is 13.5 Å². The molecule has 184 valence electrons. The first-order chi connectivity index (χ1) is 16.5. The van der Waals surface area contributed by atoms with Gasteiger partial charge in [-0.1, -0.05) is 12.1 Å². The van der Waals surface area contributed by atoms with Gasteiger partial charge in [0.25, 0.3) is 5.91 Å². The van der Waals surface area contributed by atoms with E-state index in [-0.39, 0.29) is 43.0 Å². The second-order valence-corrected chi connectivity index (χ2v) is 8.28. The zero-order valence-electron chi connectivity index (χ0n) is 18.6. The van der Waals surface area contributed by atoms with Crippen molar-refractivity contribution in [1.82, 2.24) is 14.7 Å². The van der Waals surface area contributed by atoms with Crippen LogP contribution in [0.15, 0.2) is 48.5 Å². The van der Waals surface area contributed by atoms with Crippen molar-refractivity contribution in [1.29, 1.82) is 0 Å². The van der Waals surface area contributed by atoms with Gasteiger partial charge in [0.1, 0.15) is 17.5 Å². The van der Waals surface area contributed by atoms with Crippen LogP contribution >= 0.6 is 0 Å². The molecule has 0 saturated carbocycles. The van der Waals surface area contributed by atoms with Gasteiger partial charge in [0.05, 0.1) is 22.5 Å². The number of amides is 2. The number of nitrogens with one attached hydrogen (secondary N) is 1. The third kappa shape index (κ3) is 5.18. The number of aromatic nitrogens is 2. The molecule has 0 aliphatic carbocycles. The minimum absolute atomic E-state index is 0.0936. The highest BCUT2D eigenvalue weighted by Crippen LogP contribution is 2.35. The highest BCUT2D eigenvalue weighted by molar-refractivity contribution is 5.95. The molecule has 1 fully saturated rings. The van der Waals surface area contributed by atoms with Crippen LogP contribution in [0.4, 0.5) is 27.8 Å². The molecule has 0 atom stereocenters. The molecule has 2 aromatic carbocycles. The maximum Gasteiger partial charge on any atom is 0.418 e. The predicted molar refractivity (Wildman–Crippen MR) is 117 cm³/mol. The van der Waals surface area contributed by atoms with E-state index in [0.717, 1.165) is 22.9 Å². The molecule has 6 nitrogen and oxygen atoms in total. The van der Waals surface area contributed by atoms with Gasteiger partial charge < -0.3 is 10.2 Å². The molecule has 1 N–H and O–H groups in total. The summed E-state index contributed by atoms with van der Waals surface area (Å²) in [4.78, 5) is 26.9. The van der Waals surface area contributed by atoms with Gasteiger partial charge in [0.15, 0.2) is 0 Å². The summed E-state index contributed by atoms with van der Waals surface area (Å²) in [6.45, 7) is 1.94. The maximum atomic E-state index is 14.0. The Bertz CT molecular complexity index is 1260. The van der Waals surface area contributed by atoms with E-state index in [1.54, 1.807) is 6.92 Å². The number of alkyl halides is 3. The molecular formula is C24H21F5N4O2. The lowest BCUT2D eigenvalue weighted by Crippen LogP contribution is -2.41. The second-order valence-electron chi connectivity index (χ2n) is 8.28. The van der Waals surface area contributed by atoms with Gasteiger partial charge >= 0.3 is 6.18 Å². The Morgan fingerprint density at radius 3 is 2.37 bits per heavy atom. The Balaban J connectivity index is 1.46. The number of anilines is 1. The summed E-state index contributed by atoms with van der Waals surface area (Å²) in [5, 5.41) is 6.78. The summed E-state index contributed by atoms with van der Waals surface area (Å²) in [6.07, 6.45) is -4.07. The number of aryl methyl sites for hydroxylation is 1. The van der Waals surface area contributed by atoms with E-state index in [0.29, 0.717) is 11.8 Å². The number of para-hydroxylation sites is 1. The van der Waals surface area contributed by atoms with Crippen LogP contribution in [0.5, 0.6) is 0 Å². The molecule has 2 amide bonds. The van der Waals surface area contributed by atoms with Crippen molar-refractivity contribution < 1.29 is 31.5 Å². The fourth-order valence-electron chi connectivity index (χ4n) is 4.08. The zero-order chi connectivity index (χ0) is 25.3. The van der Waals surface area contributed by atoms with Crippen LogP contribution in [0.1, 0.15) is 34.5 Å². The fourth-order valence-corrected chi connectivity index (χ4v) is 4.08. The summed E-state index contributed by atoms with van der Waals surface area (Å²) >= 11 is 0. The smallest absolute Gasteiger partial charge is 0.339 e. The van der Waals surface area contributed by atoms with Gasteiger partial charge in [0, 0.05) is 31.1 Å². The van der Waals surface area contributed by atoms with E-state index in [1.807, 2.05) is 0 Å². The van der Waals surface area contributed by atoms with Crippen LogP contribution in [0.25, 0.3) is 5.69 Å². The largest absolute Gasteiger partial charge is 0.418 e. The predicted octanol–water partition coefficient (Wildman–Crippen LogP) is 4.97. The van der Waals surface area contributed by atoms with Crippen molar-refractivity contribution in [2.24, 2.45) is 5.92 Å². The van der Waals surface area contributed by atoms with Crippen LogP contribution < -0.4 is 5.32 Å². The van der Waals surface area contributed by atoms with E-state index in [2.05, 4.69) is 10.4 Å². The SMILES string of the molecule is Cc1cc(NC(=O)C2CCN(C(=O)c3ccc(F)cc3F)CC2)n(-c2ccccc2C(F)(F)F)n1. The van der Waals surface area contributed by atoms with E-state index >= 15 is 0 Å². The van der Waals surface area contributed by atoms with Crippen LogP contribution in [0, 0.1) is 24.5 Å². The normalized spacial score (nSPS) is 14.7. The molecule has 35 heavy (non-hydrogen) atoms. The number of likely N-dealkylation sites (tertiary alicyclic amines) is 1. The quantitative estimate of drug-likeness (QED) is 0.523. The van der Waals surface area contributed by atoms with Gasteiger partial charge in [-0.2, -0.15) is 18.3 Å². The molecule has 1 aliphatic rings. The molecule has 0 bridgehead atoms. The molecule has 4 rings (SSSR count). The topological polar surface area (TPSA) is 67.2 Å². The molecule has 1 aromatic heterocycles.